The van der Waals surface area contributed by atoms with Crippen LogP contribution in [0.4, 0.5) is 4.79 Å². The fourth-order valence-corrected chi connectivity index (χ4v) is 3.50. The molecule has 0 aliphatic carbocycles. The SMILES string of the molecule is CCN(C(=O)CC[C@@H](Cc1ccccc1)NC(=O)OC(C)(C)C)N1CCCC1. The smallest absolute Gasteiger partial charge is 0.407 e. The molecular formula is C22H35N3O3. The minimum absolute atomic E-state index is 0.119. The van der Waals surface area contributed by atoms with Crippen molar-refractivity contribution in [2.45, 2.75) is 71.4 Å². The van der Waals surface area contributed by atoms with Gasteiger partial charge in [0.15, 0.2) is 0 Å². The molecule has 156 valence electrons. The molecule has 0 spiro atoms. The predicted octanol–water partition coefficient (Wildman–Crippen LogP) is 3.76. The van der Waals surface area contributed by atoms with E-state index in [2.05, 4.69) is 10.3 Å². The molecule has 28 heavy (non-hydrogen) atoms. The van der Waals surface area contributed by atoms with E-state index in [1.165, 1.54) is 0 Å². The summed E-state index contributed by atoms with van der Waals surface area (Å²) in [6.07, 6.45) is 3.49. The van der Waals surface area contributed by atoms with Gasteiger partial charge in [0.05, 0.1) is 0 Å². The Kier molecular flexibility index (Phi) is 8.30. The lowest BCUT2D eigenvalue weighted by atomic mass is 10.0. The minimum Gasteiger partial charge on any atom is -0.444 e. The highest BCUT2D eigenvalue weighted by Crippen LogP contribution is 2.15. The lowest BCUT2D eigenvalue weighted by Gasteiger charge is -2.31. The van der Waals surface area contributed by atoms with Crippen LogP contribution in [0.2, 0.25) is 0 Å². The van der Waals surface area contributed by atoms with E-state index in [4.69, 9.17) is 4.74 Å². The number of hydrazine groups is 1. The molecule has 1 saturated heterocycles. The molecule has 2 amide bonds. The molecule has 1 aromatic rings. The molecule has 1 atom stereocenters. The second-order valence-electron chi connectivity index (χ2n) is 8.34. The summed E-state index contributed by atoms with van der Waals surface area (Å²) in [6, 6.07) is 9.86. The van der Waals surface area contributed by atoms with Gasteiger partial charge in [-0.1, -0.05) is 30.3 Å². The van der Waals surface area contributed by atoms with Gasteiger partial charge in [-0.15, -0.1) is 0 Å². The molecule has 0 radical (unpaired) electrons. The quantitative estimate of drug-likeness (QED) is 0.735. The van der Waals surface area contributed by atoms with Crippen molar-refractivity contribution < 1.29 is 14.3 Å². The van der Waals surface area contributed by atoms with Gasteiger partial charge in [0.1, 0.15) is 5.60 Å². The number of rotatable bonds is 8. The second-order valence-corrected chi connectivity index (χ2v) is 8.34. The molecule has 0 saturated carbocycles. The Labute approximate surface area is 169 Å². The largest absolute Gasteiger partial charge is 0.444 e. The standard InChI is InChI=1S/C22H35N3O3/c1-5-25(24-15-9-10-16-24)20(26)14-13-19(17-18-11-7-6-8-12-18)23-21(27)28-22(2,3)4/h6-8,11-12,19H,5,9-10,13-17H2,1-4H3,(H,23,27)/t19-/m0/s1. The van der Waals surface area contributed by atoms with Crippen LogP contribution in [0.5, 0.6) is 0 Å². The van der Waals surface area contributed by atoms with Gasteiger partial charge in [-0.3, -0.25) is 9.80 Å². The molecule has 6 nitrogen and oxygen atoms in total. The zero-order chi connectivity index (χ0) is 20.6. The number of amides is 2. The summed E-state index contributed by atoms with van der Waals surface area (Å²) >= 11 is 0. The number of benzene rings is 1. The number of hydrogen-bond acceptors (Lipinski definition) is 4. The fraction of sp³-hybridized carbons (Fsp3) is 0.636. The fourth-order valence-electron chi connectivity index (χ4n) is 3.50. The van der Waals surface area contributed by atoms with Crippen LogP contribution in [0.1, 0.15) is 58.9 Å². The molecule has 1 N–H and O–H groups in total. The number of carbonyl (C=O) groups excluding carboxylic acids is 2. The van der Waals surface area contributed by atoms with Crippen LogP contribution in [-0.2, 0) is 16.0 Å². The first kappa shape index (κ1) is 22.2. The van der Waals surface area contributed by atoms with E-state index >= 15 is 0 Å². The number of nitrogens with one attached hydrogen (secondary N) is 1. The summed E-state index contributed by atoms with van der Waals surface area (Å²) in [5.74, 6) is 0.119. The third kappa shape index (κ3) is 7.50. The molecule has 0 aromatic heterocycles. The van der Waals surface area contributed by atoms with Gasteiger partial charge in [-0.25, -0.2) is 9.80 Å². The highest BCUT2D eigenvalue weighted by molar-refractivity contribution is 5.76. The summed E-state index contributed by atoms with van der Waals surface area (Å²) in [4.78, 5) is 25.0. The van der Waals surface area contributed by atoms with Crippen molar-refractivity contribution in [2.24, 2.45) is 0 Å². The summed E-state index contributed by atoms with van der Waals surface area (Å²) < 4.78 is 5.41. The topological polar surface area (TPSA) is 61.9 Å². The van der Waals surface area contributed by atoms with Crippen molar-refractivity contribution in [3.63, 3.8) is 0 Å². The van der Waals surface area contributed by atoms with E-state index in [1.54, 1.807) is 0 Å². The molecular weight excluding hydrogens is 354 g/mol. The summed E-state index contributed by atoms with van der Waals surface area (Å²) in [5.41, 5.74) is 0.578. The van der Waals surface area contributed by atoms with Gasteiger partial charge in [0.25, 0.3) is 0 Å². The molecule has 0 bridgehead atoms. The Bertz CT molecular complexity index is 622. The Balaban J connectivity index is 1.97. The maximum Gasteiger partial charge on any atom is 0.407 e. The van der Waals surface area contributed by atoms with E-state index in [0.29, 0.717) is 25.8 Å². The van der Waals surface area contributed by atoms with Crippen LogP contribution < -0.4 is 5.32 Å². The third-order valence-electron chi connectivity index (χ3n) is 4.76. The molecule has 6 heteroatoms. The van der Waals surface area contributed by atoms with Gasteiger partial charge in [-0.2, -0.15) is 0 Å². The van der Waals surface area contributed by atoms with E-state index < -0.39 is 11.7 Å². The van der Waals surface area contributed by atoms with Gasteiger partial charge in [-0.05, 0) is 58.9 Å². The van der Waals surface area contributed by atoms with Gasteiger partial charge < -0.3 is 10.1 Å². The number of nitrogens with zero attached hydrogens (tertiary/aromatic N) is 2. The van der Waals surface area contributed by atoms with Crippen molar-refractivity contribution in [2.75, 3.05) is 19.6 Å². The van der Waals surface area contributed by atoms with Crippen LogP contribution in [0.15, 0.2) is 30.3 Å². The molecule has 1 fully saturated rings. The molecule has 1 aliphatic rings. The zero-order valence-corrected chi connectivity index (χ0v) is 17.7. The Morgan fingerprint density at radius 1 is 1.18 bits per heavy atom. The summed E-state index contributed by atoms with van der Waals surface area (Å²) in [7, 11) is 0. The lowest BCUT2D eigenvalue weighted by molar-refractivity contribution is -0.147. The van der Waals surface area contributed by atoms with E-state index in [1.807, 2.05) is 63.0 Å². The normalized spacial score (nSPS) is 15.9. The predicted molar refractivity (Wildman–Crippen MR) is 111 cm³/mol. The van der Waals surface area contributed by atoms with Crippen molar-refractivity contribution >= 4 is 12.0 Å². The Hall–Kier alpha value is -2.08. The van der Waals surface area contributed by atoms with Gasteiger partial charge in [0, 0.05) is 32.1 Å². The van der Waals surface area contributed by atoms with Crippen molar-refractivity contribution in [3.8, 4) is 0 Å². The van der Waals surface area contributed by atoms with Crippen molar-refractivity contribution in [1.82, 2.24) is 15.3 Å². The van der Waals surface area contributed by atoms with Crippen LogP contribution in [0.3, 0.4) is 0 Å². The van der Waals surface area contributed by atoms with Crippen LogP contribution in [0.25, 0.3) is 0 Å². The Morgan fingerprint density at radius 2 is 1.82 bits per heavy atom. The number of carbonyl (C=O) groups is 2. The average Bonchev–Trinajstić information content (AvgIpc) is 3.14. The number of ether oxygens (including phenoxy) is 1. The monoisotopic (exact) mass is 389 g/mol. The molecule has 0 unspecified atom stereocenters. The van der Waals surface area contributed by atoms with E-state index in [0.717, 1.165) is 31.5 Å². The van der Waals surface area contributed by atoms with Crippen LogP contribution in [0, 0.1) is 0 Å². The Morgan fingerprint density at radius 3 is 2.39 bits per heavy atom. The maximum absolute atomic E-state index is 12.8. The lowest BCUT2D eigenvalue weighted by Crippen LogP contribution is -2.46. The van der Waals surface area contributed by atoms with Gasteiger partial charge in [0.2, 0.25) is 5.91 Å². The highest BCUT2D eigenvalue weighted by atomic mass is 16.6. The molecule has 1 aliphatic heterocycles. The third-order valence-corrected chi connectivity index (χ3v) is 4.76. The first-order valence-electron chi connectivity index (χ1n) is 10.4. The molecule has 2 rings (SSSR count). The van der Waals surface area contributed by atoms with E-state index in [9.17, 15) is 9.59 Å². The highest BCUT2D eigenvalue weighted by Gasteiger charge is 2.25. The van der Waals surface area contributed by atoms with Gasteiger partial charge >= 0.3 is 6.09 Å². The first-order valence-corrected chi connectivity index (χ1v) is 10.4. The molecule has 1 aromatic carbocycles. The number of hydrogen-bond donors (Lipinski definition) is 1. The summed E-state index contributed by atoms with van der Waals surface area (Å²) in [6.45, 7) is 10.1. The average molecular weight is 390 g/mol. The van der Waals surface area contributed by atoms with Crippen molar-refractivity contribution in [1.29, 1.82) is 0 Å². The van der Waals surface area contributed by atoms with Crippen molar-refractivity contribution in [3.05, 3.63) is 35.9 Å². The minimum atomic E-state index is -0.550. The van der Waals surface area contributed by atoms with Crippen LogP contribution >= 0.6 is 0 Å². The zero-order valence-electron chi connectivity index (χ0n) is 17.7. The summed E-state index contributed by atoms with van der Waals surface area (Å²) in [5, 5.41) is 6.97. The van der Waals surface area contributed by atoms with Crippen LogP contribution in [-0.4, -0.2) is 53.3 Å². The van der Waals surface area contributed by atoms with E-state index in [-0.39, 0.29) is 11.9 Å². The number of alkyl carbamates (subject to hydrolysis) is 1. The second kappa shape index (κ2) is 10.5. The first-order chi connectivity index (χ1) is 13.3. The maximum atomic E-state index is 12.8. The molecule has 1 heterocycles.